The standard InChI is InChI=1S/C21H13BrFN3O2S/c22-15-5-11-18(12-6-15)28-17-9-3-14(4-10-17)20-25-26-21(29-20)24-19(27)13-1-7-16(23)8-2-13/h1-12H,(H,24,26,27). The molecule has 0 radical (unpaired) electrons. The summed E-state index contributed by atoms with van der Waals surface area (Å²) in [6, 6.07) is 20.3. The lowest BCUT2D eigenvalue weighted by molar-refractivity contribution is 0.102. The van der Waals surface area contributed by atoms with Crippen LogP contribution in [0.2, 0.25) is 0 Å². The van der Waals surface area contributed by atoms with Gasteiger partial charge < -0.3 is 4.74 Å². The Balaban J connectivity index is 1.43. The van der Waals surface area contributed by atoms with Crippen LogP contribution in [0.25, 0.3) is 10.6 Å². The first kappa shape index (κ1) is 19.2. The minimum Gasteiger partial charge on any atom is -0.457 e. The molecule has 5 nitrogen and oxygen atoms in total. The molecule has 144 valence electrons. The van der Waals surface area contributed by atoms with Gasteiger partial charge in [0.05, 0.1) is 0 Å². The van der Waals surface area contributed by atoms with Gasteiger partial charge >= 0.3 is 0 Å². The van der Waals surface area contributed by atoms with E-state index in [0.29, 0.717) is 21.5 Å². The molecule has 0 saturated heterocycles. The summed E-state index contributed by atoms with van der Waals surface area (Å²) in [5.41, 5.74) is 1.20. The summed E-state index contributed by atoms with van der Waals surface area (Å²) in [6.07, 6.45) is 0. The van der Waals surface area contributed by atoms with Crippen LogP contribution in [-0.2, 0) is 0 Å². The van der Waals surface area contributed by atoms with E-state index in [0.717, 1.165) is 15.8 Å². The second kappa shape index (κ2) is 8.50. The molecular weight excluding hydrogens is 457 g/mol. The lowest BCUT2D eigenvalue weighted by Crippen LogP contribution is -2.11. The maximum Gasteiger partial charge on any atom is 0.257 e. The van der Waals surface area contributed by atoms with E-state index in [1.54, 1.807) is 0 Å². The van der Waals surface area contributed by atoms with Crippen molar-refractivity contribution in [2.24, 2.45) is 0 Å². The van der Waals surface area contributed by atoms with Gasteiger partial charge in [-0.05, 0) is 72.8 Å². The summed E-state index contributed by atoms with van der Waals surface area (Å²) in [4.78, 5) is 12.2. The number of aromatic nitrogens is 2. The van der Waals surface area contributed by atoms with E-state index < -0.39 is 5.82 Å². The van der Waals surface area contributed by atoms with Gasteiger partial charge in [-0.15, -0.1) is 10.2 Å². The van der Waals surface area contributed by atoms with E-state index in [1.165, 1.54) is 35.6 Å². The fourth-order valence-electron chi connectivity index (χ4n) is 2.47. The quantitative estimate of drug-likeness (QED) is 0.380. The zero-order valence-electron chi connectivity index (χ0n) is 14.8. The molecule has 1 heterocycles. The molecule has 0 fully saturated rings. The molecular formula is C21H13BrFN3O2S. The monoisotopic (exact) mass is 469 g/mol. The number of ether oxygens (including phenoxy) is 1. The van der Waals surface area contributed by atoms with Crippen LogP contribution >= 0.6 is 27.3 Å². The molecule has 29 heavy (non-hydrogen) atoms. The van der Waals surface area contributed by atoms with Gasteiger partial charge in [0.1, 0.15) is 22.3 Å². The van der Waals surface area contributed by atoms with Gasteiger partial charge in [0.15, 0.2) is 0 Å². The first-order valence-corrected chi connectivity index (χ1v) is 10.1. The van der Waals surface area contributed by atoms with Crippen LogP contribution in [-0.4, -0.2) is 16.1 Å². The van der Waals surface area contributed by atoms with Crippen LogP contribution < -0.4 is 10.1 Å². The Labute approximate surface area is 178 Å². The number of halogens is 2. The minimum atomic E-state index is -0.396. The highest BCUT2D eigenvalue weighted by atomic mass is 79.9. The molecule has 1 N–H and O–H groups in total. The van der Waals surface area contributed by atoms with Crippen LogP contribution in [0, 0.1) is 5.82 Å². The van der Waals surface area contributed by atoms with Gasteiger partial charge in [-0.25, -0.2) is 4.39 Å². The first-order chi connectivity index (χ1) is 14.1. The summed E-state index contributed by atoms with van der Waals surface area (Å²) < 4.78 is 19.8. The van der Waals surface area contributed by atoms with Crippen molar-refractivity contribution in [3.05, 3.63) is 88.6 Å². The molecule has 3 aromatic carbocycles. The molecule has 0 atom stereocenters. The van der Waals surface area contributed by atoms with Crippen molar-refractivity contribution in [2.75, 3.05) is 5.32 Å². The lowest BCUT2D eigenvalue weighted by Gasteiger charge is -2.06. The SMILES string of the molecule is O=C(Nc1nnc(-c2ccc(Oc3ccc(Br)cc3)cc2)s1)c1ccc(F)cc1. The number of anilines is 1. The number of hydrogen-bond donors (Lipinski definition) is 1. The van der Waals surface area contributed by atoms with Gasteiger partial charge in [-0.2, -0.15) is 0 Å². The third-order valence-electron chi connectivity index (χ3n) is 3.90. The second-order valence-electron chi connectivity index (χ2n) is 5.95. The lowest BCUT2D eigenvalue weighted by atomic mass is 10.2. The summed E-state index contributed by atoms with van der Waals surface area (Å²) >= 11 is 4.64. The van der Waals surface area contributed by atoms with Gasteiger partial charge in [-0.1, -0.05) is 27.3 Å². The number of carbonyl (C=O) groups is 1. The molecule has 4 rings (SSSR count). The maximum absolute atomic E-state index is 13.0. The highest BCUT2D eigenvalue weighted by molar-refractivity contribution is 9.10. The molecule has 1 aromatic heterocycles. The molecule has 0 unspecified atom stereocenters. The van der Waals surface area contributed by atoms with Crippen molar-refractivity contribution in [2.45, 2.75) is 0 Å². The van der Waals surface area contributed by atoms with Crippen molar-refractivity contribution >= 4 is 38.3 Å². The average Bonchev–Trinajstić information content (AvgIpc) is 3.19. The van der Waals surface area contributed by atoms with Crippen LogP contribution in [0.5, 0.6) is 11.5 Å². The number of rotatable bonds is 5. The molecule has 1 amide bonds. The molecule has 0 aliphatic heterocycles. The number of amides is 1. The number of nitrogens with zero attached hydrogens (tertiary/aromatic N) is 2. The molecule has 4 aromatic rings. The number of hydrogen-bond acceptors (Lipinski definition) is 5. The molecule has 0 spiro atoms. The fourth-order valence-corrected chi connectivity index (χ4v) is 3.47. The normalized spacial score (nSPS) is 10.6. The van der Waals surface area contributed by atoms with E-state index in [-0.39, 0.29) is 5.91 Å². The van der Waals surface area contributed by atoms with Gasteiger partial charge in [-0.3, -0.25) is 10.1 Å². The number of nitrogens with one attached hydrogen (secondary N) is 1. The van der Waals surface area contributed by atoms with E-state index in [1.807, 2.05) is 48.5 Å². The average molecular weight is 470 g/mol. The Bertz CT molecular complexity index is 1130. The topological polar surface area (TPSA) is 64.1 Å². The minimum absolute atomic E-state index is 0.345. The molecule has 0 aliphatic carbocycles. The summed E-state index contributed by atoms with van der Waals surface area (Å²) in [5, 5.41) is 11.8. The smallest absolute Gasteiger partial charge is 0.257 e. The Hall–Kier alpha value is -3.10. The predicted octanol–water partition coefficient (Wildman–Crippen LogP) is 6.15. The summed E-state index contributed by atoms with van der Waals surface area (Å²) in [5.74, 6) is 0.673. The zero-order chi connectivity index (χ0) is 20.2. The summed E-state index contributed by atoms with van der Waals surface area (Å²) in [7, 11) is 0. The summed E-state index contributed by atoms with van der Waals surface area (Å²) in [6.45, 7) is 0. The van der Waals surface area contributed by atoms with Crippen molar-refractivity contribution in [1.29, 1.82) is 0 Å². The Morgan fingerprint density at radius 1 is 0.897 bits per heavy atom. The van der Waals surface area contributed by atoms with E-state index in [2.05, 4.69) is 31.4 Å². The third kappa shape index (κ3) is 4.85. The van der Waals surface area contributed by atoms with Gasteiger partial charge in [0.25, 0.3) is 5.91 Å². The first-order valence-electron chi connectivity index (χ1n) is 8.51. The van der Waals surface area contributed by atoms with Crippen molar-refractivity contribution in [3.8, 4) is 22.1 Å². The van der Waals surface area contributed by atoms with Crippen LogP contribution in [0.4, 0.5) is 9.52 Å². The maximum atomic E-state index is 13.0. The number of carbonyl (C=O) groups excluding carboxylic acids is 1. The largest absolute Gasteiger partial charge is 0.457 e. The number of benzene rings is 3. The van der Waals surface area contributed by atoms with Crippen LogP contribution in [0.3, 0.4) is 0 Å². The van der Waals surface area contributed by atoms with Gasteiger partial charge in [0, 0.05) is 15.6 Å². The fraction of sp³-hybridized carbons (Fsp3) is 0. The van der Waals surface area contributed by atoms with Crippen molar-refractivity contribution in [1.82, 2.24) is 10.2 Å². The zero-order valence-corrected chi connectivity index (χ0v) is 17.2. The third-order valence-corrected chi connectivity index (χ3v) is 5.32. The van der Waals surface area contributed by atoms with E-state index in [4.69, 9.17) is 4.74 Å². The molecule has 0 bridgehead atoms. The van der Waals surface area contributed by atoms with Crippen molar-refractivity contribution < 1.29 is 13.9 Å². The highest BCUT2D eigenvalue weighted by Gasteiger charge is 2.12. The van der Waals surface area contributed by atoms with E-state index >= 15 is 0 Å². The highest BCUT2D eigenvalue weighted by Crippen LogP contribution is 2.30. The molecule has 8 heteroatoms. The predicted molar refractivity (Wildman–Crippen MR) is 114 cm³/mol. The van der Waals surface area contributed by atoms with Crippen LogP contribution in [0.15, 0.2) is 77.3 Å². The molecule has 0 aliphatic rings. The Kier molecular flexibility index (Phi) is 5.64. The Morgan fingerprint density at radius 3 is 2.17 bits per heavy atom. The molecule has 0 saturated carbocycles. The van der Waals surface area contributed by atoms with Gasteiger partial charge in [0.2, 0.25) is 5.13 Å². The van der Waals surface area contributed by atoms with Crippen molar-refractivity contribution in [3.63, 3.8) is 0 Å². The Morgan fingerprint density at radius 2 is 1.52 bits per heavy atom. The van der Waals surface area contributed by atoms with E-state index in [9.17, 15) is 9.18 Å². The second-order valence-corrected chi connectivity index (χ2v) is 7.85. The van der Waals surface area contributed by atoms with Crippen LogP contribution in [0.1, 0.15) is 10.4 Å².